The van der Waals surface area contributed by atoms with Gasteiger partial charge in [0.25, 0.3) is 15.9 Å². The van der Waals surface area contributed by atoms with Crippen molar-refractivity contribution in [2.24, 2.45) is 0 Å². The standard InChI is InChI=1S/C27H26F3N5O5S/c28-27(29,30)40-20-7-4-8-21(16-20)41(37,38)34-19-15-22-23(18-5-2-1-3-6-18)24(33-25(22)32-17-19)26(36)31-9-10-35-11-13-39-14-12-35/h1-8,15-17,34H,9-14H2,(H,31,36)(H,32,33). The number of H-pyrrole nitrogens is 1. The van der Waals surface area contributed by atoms with Gasteiger partial charge in [0.05, 0.1) is 30.0 Å². The molecule has 216 valence electrons. The summed E-state index contributed by atoms with van der Waals surface area (Å²) in [6.45, 7) is 3.96. The Morgan fingerprint density at radius 3 is 2.56 bits per heavy atom. The minimum atomic E-state index is -4.97. The third-order valence-corrected chi connectivity index (χ3v) is 7.74. The molecule has 3 heterocycles. The molecule has 2 aromatic heterocycles. The fourth-order valence-electron chi connectivity index (χ4n) is 4.49. The highest BCUT2D eigenvalue weighted by Crippen LogP contribution is 2.34. The molecule has 1 aliphatic rings. The summed E-state index contributed by atoms with van der Waals surface area (Å²) < 4.78 is 75.4. The lowest BCUT2D eigenvalue weighted by molar-refractivity contribution is -0.274. The van der Waals surface area contributed by atoms with Crippen molar-refractivity contribution in [1.82, 2.24) is 20.2 Å². The van der Waals surface area contributed by atoms with Crippen LogP contribution in [0.25, 0.3) is 22.2 Å². The molecule has 5 rings (SSSR count). The Morgan fingerprint density at radius 2 is 1.83 bits per heavy atom. The van der Waals surface area contributed by atoms with Gasteiger partial charge >= 0.3 is 6.36 Å². The van der Waals surface area contributed by atoms with Crippen molar-refractivity contribution < 1.29 is 35.9 Å². The molecule has 0 spiro atoms. The van der Waals surface area contributed by atoms with Crippen LogP contribution in [-0.4, -0.2) is 74.9 Å². The molecule has 0 aliphatic carbocycles. The van der Waals surface area contributed by atoms with E-state index in [2.05, 4.69) is 29.6 Å². The number of fused-ring (bicyclic) bond motifs is 1. The van der Waals surface area contributed by atoms with Gasteiger partial charge in [0.15, 0.2) is 0 Å². The maximum absolute atomic E-state index is 13.3. The number of aromatic amines is 1. The van der Waals surface area contributed by atoms with E-state index in [1.165, 1.54) is 12.3 Å². The fourth-order valence-corrected chi connectivity index (χ4v) is 5.56. The third kappa shape index (κ3) is 6.96. The highest BCUT2D eigenvalue weighted by molar-refractivity contribution is 7.92. The molecule has 1 saturated heterocycles. The zero-order valence-electron chi connectivity index (χ0n) is 21.6. The van der Waals surface area contributed by atoms with Crippen molar-refractivity contribution in [3.8, 4) is 16.9 Å². The maximum Gasteiger partial charge on any atom is 0.573 e. The normalized spacial score (nSPS) is 14.6. The van der Waals surface area contributed by atoms with E-state index in [4.69, 9.17) is 4.74 Å². The van der Waals surface area contributed by atoms with E-state index >= 15 is 0 Å². The minimum Gasteiger partial charge on any atom is -0.406 e. The molecule has 1 aliphatic heterocycles. The first-order valence-electron chi connectivity index (χ1n) is 12.6. The molecular formula is C27H26F3N5O5S. The van der Waals surface area contributed by atoms with Crippen LogP contribution < -0.4 is 14.8 Å². The van der Waals surface area contributed by atoms with Gasteiger partial charge in [-0.05, 0) is 23.8 Å². The summed E-state index contributed by atoms with van der Waals surface area (Å²) >= 11 is 0. The molecule has 41 heavy (non-hydrogen) atoms. The molecule has 10 nitrogen and oxygen atoms in total. The summed E-state index contributed by atoms with van der Waals surface area (Å²) in [5, 5.41) is 3.41. The van der Waals surface area contributed by atoms with Gasteiger partial charge in [0.2, 0.25) is 0 Å². The number of sulfonamides is 1. The van der Waals surface area contributed by atoms with Gasteiger partial charge in [-0.15, -0.1) is 13.2 Å². The van der Waals surface area contributed by atoms with Crippen LogP contribution in [0.1, 0.15) is 10.5 Å². The van der Waals surface area contributed by atoms with Crippen molar-refractivity contribution in [2.45, 2.75) is 11.3 Å². The molecule has 3 N–H and O–H groups in total. The second-order valence-corrected chi connectivity index (χ2v) is 10.9. The van der Waals surface area contributed by atoms with Gasteiger partial charge < -0.3 is 19.8 Å². The Balaban J connectivity index is 1.43. The van der Waals surface area contributed by atoms with Crippen LogP contribution in [0, 0.1) is 0 Å². The molecule has 1 fully saturated rings. The third-order valence-electron chi connectivity index (χ3n) is 6.36. The number of nitrogens with one attached hydrogen (secondary N) is 3. The first kappa shape index (κ1) is 28.4. The monoisotopic (exact) mass is 589 g/mol. The largest absolute Gasteiger partial charge is 0.573 e. The van der Waals surface area contributed by atoms with Crippen molar-refractivity contribution in [3.63, 3.8) is 0 Å². The Kier molecular flexibility index (Phi) is 8.15. The van der Waals surface area contributed by atoms with Crippen LogP contribution in [-0.2, 0) is 14.8 Å². The molecule has 14 heteroatoms. The molecule has 4 aromatic rings. The quantitative estimate of drug-likeness (QED) is 0.270. The number of ether oxygens (including phenoxy) is 2. The van der Waals surface area contributed by atoms with E-state index in [0.29, 0.717) is 48.5 Å². The lowest BCUT2D eigenvalue weighted by Crippen LogP contribution is -2.41. The number of nitrogens with zero attached hydrogens (tertiary/aromatic N) is 2. The number of morpholine rings is 1. The molecule has 0 atom stereocenters. The Hall–Kier alpha value is -4.14. The first-order valence-corrected chi connectivity index (χ1v) is 14.1. The lowest BCUT2D eigenvalue weighted by Gasteiger charge is -2.26. The number of anilines is 1. The number of aromatic nitrogens is 2. The van der Waals surface area contributed by atoms with E-state index < -0.39 is 27.0 Å². The van der Waals surface area contributed by atoms with Crippen molar-refractivity contribution in [1.29, 1.82) is 0 Å². The highest BCUT2D eigenvalue weighted by atomic mass is 32.2. The zero-order valence-corrected chi connectivity index (χ0v) is 22.4. The molecule has 0 saturated carbocycles. The number of alkyl halides is 3. The van der Waals surface area contributed by atoms with Gasteiger partial charge in [-0.3, -0.25) is 14.4 Å². The number of carbonyl (C=O) groups is 1. The van der Waals surface area contributed by atoms with E-state index in [1.807, 2.05) is 30.3 Å². The van der Waals surface area contributed by atoms with E-state index in [0.717, 1.165) is 37.4 Å². The topological polar surface area (TPSA) is 126 Å². The highest BCUT2D eigenvalue weighted by Gasteiger charge is 2.31. The van der Waals surface area contributed by atoms with Crippen LogP contribution in [0.15, 0.2) is 71.8 Å². The number of rotatable bonds is 9. The van der Waals surface area contributed by atoms with Crippen LogP contribution >= 0.6 is 0 Å². The van der Waals surface area contributed by atoms with Crippen LogP contribution in [0.2, 0.25) is 0 Å². The maximum atomic E-state index is 13.3. The van der Waals surface area contributed by atoms with Gasteiger partial charge in [0, 0.05) is 43.2 Å². The van der Waals surface area contributed by atoms with Gasteiger partial charge in [-0.1, -0.05) is 36.4 Å². The summed E-state index contributed by atoms with van der Waals surface area (Å²) in [5.74, 6) is -1.02. The molecule has 1 amide bonds. The Morgan fingerprint density at radius 1 is 1.07 bits per heavy atom. The summed E-state index contributed by atoms with van der Waals surface area (Å²) in [4.78, 5) is 22.4. The predicted octanol–water partition coefficient (Wildman–Crippen LogP) is 3.99. The Bertz CT molecular complexity index is 1640. The average molecular weight is 590 g/mol. The van der Waals surface area contributed by atoms with Crippen molar-refractivity contribution in [2.75, 3.05) is 44.1 Å². The summed E-state index contributed by atoms with van der Waals surface area (Å²) in [6.07, 6.45) is -3.72. The van der Waals surface area contributed by atoms with Gasteiger partial charge in [0.1, 0.15) is 17.1 Å². The second-order valence-electron chi connectivity index (χ2n) is 9.20. The van der Waals surface area contributed by atoms with Crippen LogP contribution in [0.5, 0.6) is 5.75 Å². The molecule has 0 bridgehead atoms. The number of hydrogen-bond acceptors (Lipinski definition) is 7. The lowest BCUT2D eigenvalue weighted by atomic mass is 10.0. The zero-order chi connectivity index (χ0) is 29.0. The Labute approximate surface area is 233 Å². The minimum absolute atomic E-state index is 0.0510. The molecule has 0 unspecified atom stereocenters. The SMILES string of the molecule is O=C(NCCN1CCOCC1)c1[nH]c2ncc(NS(=O)(=O)c3cccc(OC(F)(F)F)c3)cc2c1-c1ccccc1. The molecular weight excluding hydrogens is 563 g/mol. The molecule has 0 radical (unpaired) electrons. The van der Waals surface area contributed by atoms with Crippen molar-refractivity contribution in [3.05, 3.63) is 72.6 Å². The smallest absolute Gasteiger partial charge is 0.406 e. The number of halogens is 3. The van der Waals surface area contributed by atoms with E-state index in [9.17, 15) is 26.4 Å². The number of amides is 1. The summed E-state index contributed by atoms with van der Waals surface area (Å²) in [7, 11) is -4.31. The van der Waals surface area contributed by atoms with Crippen LogP contribution in [0.4, 0.5) is 18.9 Å². The number of benzene rings is 2. The van der Waals surface area contributed by atoms with Gasteiger partial charge in [-0.25, -0.2) is 13.4 Å². The summed E-state index contributed by atoms with van der Waals surface area (Å²) in [6, 6.07) is 14.6. The van der Waals surface area contributed by atoms with E-state index in [-0.39, 0.29) is 17.3 Å². The number of pyridine rings is 1. The first-order chi connectivity index (χ1) is 19.6. The predicted molar refractivity (Wildman–Crippen MR) is 145 cm³/mol. The number of hydrogen-bond donors (Lipinski definition) is 3. The van der Waals surface area contributed by atoms with Gasteiger partial charge in [-0.2, -0.15) is 0 Å². The fraction of sp³-hybridized carbons (Fsp3) is 0.259. The summed E-state index contributed by atoms with van der Waals surface area (Å²) in [5.41, 5.74) is 1.90. The van der Waals surface area contributed by atoms with E-state index in [1.54, 1.807) is 0 Å². The molecule has 2 aromatic carbocycles. The van der Waals surface area contributed by atoms with Crippen molar-refractivity contribution >= 4 is 32.7 Å². The average Bonchev–Trinajstić information content (AvgIpc) is 3.32. The second kappa shape index (κ2) is 11.8. The number of carbonyl (C=O) groups excluding carboxylic acids is 1. The van der Waals surface area contributed by atoms with Crippen LogP contribution in [0.3, 0.4) is 0 Å².